The summed E-state index contributed by atoms with van der Waals surface area (Å²) in [6.45, 7) is 15.0. The van der Waals surface area contributed by atoms with Crippen molar-refractivity contribution < 1.29 is 17.3 Å². The second-order valence-corrected chi connectivity index (χ2v) is 14.8. The monoisotopic (exact) mass is 664 g/mol. The molecule has 1 radical (unpaired) electrons. The van der Waals surface area contributed by atoms with Crippen molar-refractivity contribution in [2.75, 3.05) is 0 Å². The Hall–Kier alpha value is -2.29. The van der Waals surface area contributed by atoms with E-state index in [1.54, 1.807) is 0 Å². The van der Waals surface area contributed by atoms with E-state index in [0.717, 1.165) is 0 Å². The minimum absolute atomic E-state index is 0.446. The Balaban J connectivity index is 0.000000194. The van der Waals surface area contributed by atoms with Gasteiger partial charge >= 0.3 is 117 Å². The molecule has 3 heteroatoms. The average Bonchev–Trinajstić information content (AvgIpc) is 3.59. The van der Waals surface area contributed by atoms with Gasteiger partial charge in [0, 0.05) is 6.42 Å². The van der Waals surface area contributed by atoms with Gasteiger partial charge in [-0.3, -0.25) is 0 Å². The summed E-state index contributed by atoms with van der Waals surface area (Å²) in [7, 11) is -0.446. The number of rotatable bonds is 7. The first-order valence-corrected chi connectivity index (χ1v) is 18.7. The number of hydrogen-bond acceptors (Lipinski definition) is 0. The molecular formula is C38H43P2Rh. The molecule has 4 aromatic carbocycles. The molecule has 0 atom stereocenters. The Labute approximate surface area is 261 Å². The molecule has 0 saturated heterocycles. The van der Waals surface area contributed by atoms with Gasteiger partial charge in [0.1, 0.15) is 0 Å². The van der Waals surface area contributed by atoms with Crippen LogP contribution in [0.2, 0.25) is 0 Å². The van der Waals surface area contributed by atoms with Crippen LogP contribution in [0.1, 0.15) is 76.0 Å². The van der Waals surface area contributed by atoms with E-state index in [4.69, 9.17) is 0 Å². The molecule has 1 aliphatic carbocycles. The molecule has 41 heavy (non-hydrogen) atoms. The van der Waals surface area contributed by atoms with Crippen LogP contribution in [0, 0.1) is 6.42 Å². The van der Waals surface area contributed by atoms with Crippen molar-refractivity contribution in [1.29, 1.82) is 0 Å². The quantitative estimate of drug-likeness (QED) is 0.136. The van der Waals surface area contributed by atoms with Crippen LogP contribution in [-0.2, 0) is 17.3 Å². The molecule has 1 aliphatic rings. The predicted octanol–water partition coefficient (Wildman–Crippen LogP) is 9.85. The zero-order valence-electron chi connectivity index (χ0n) is 25.2. The summed E-state index contributed by atoms with van der Waals surface area (Å²) >= 11 is 3.06. The van der Waals surface area contributed by atoms with Gasteiger partial charge in [0.05, 0.1) is 0 Å². The van der Waals surface area contributed by atoms with Gasteiger partial charge < -0.3 is 0 Å². The molecule has 4 aromatic rings. The van der Waals surface area contributed by atoms with Gasteiger partial charge in [-0.15, -0.1) is 0 Å². The van der Waals surface area contributed by atoms with Gasteiger partial charge in [-0.25, -0.2) is 0 Å². The normalized spacial score (nSPS) is 12.1. The first-order valence-electron chi connectivity index (χ1n) is 14.4. The molecule has 0 saturated carbocycles. The van der Waals surface area contributed by atoms with Crippen LogP contribution in [0.15, 0.2) is 127 Å². The molecule has 0 amide bonds. The Morgan fingerprint density at radius 1 is 0.512 bits per heavy atom. The fraction of sp³-hybridized carbons (Fsp3) is 0.237. The van der Waals surface area contributed by atoms with E-state index in [1.807, 2.05) is 30.7 Å². The summed E-state index contributed by atoms with van der Waals surface area (Å²) in [4.78, 5) is 0. The van der Waals surface area contributed by atoms with Crippen LogP contribution in [0.25, 0.3) is 0 Å². The number of hydrogen-bond donors (Lipinski definition) is 0. The SMILES string of the molecule is CC(C)c1cc(C(C)C)c([P]=[Rh])c(C(C)C)c1.[CH]1C=CC=C1.c1ccc(P(c2ccccc2)c2ccccc2)cc1. The van der Waals surface area contributed by atoms with E-state index in [2.05, 4.69) is 162 Å². The fourth-order valence-corrected chi connectivity index (χ4v) is 8.90. The van der Waals surface area contributed by atoms with E-state index in [-0.39, 0.29) is 0 Å². The van der Waals surface area contributed by atoms with Gasteiger partial charge in [-0.05, 0) is 23.8 Å². The number of allylic oxidation sites excluding steroid dienone is 4. The minimum atomic E-state index is -0.446. The van der Waals surface area contributed by atoms with Crippen LogP contribution in [0.5, 0.6) is 0 Å². The van der Waals surface area contributed by atoms with Crippen molar-refractivity contribution in [3.63, 3.8) is 0 Å². The molecule has 0 aliphatic heterocycles. The summed E-state index contributed by atoms with van der Waals surface area (Å²) in [5.41, 5.74) is 4.51. The fourth-order valence-electron chi connectivity index (χ4n) is 4.50. The van der Waals surface area contributed by atoms with Gasteiger partial charge in [0.25, 0.3) is 0 Å². The molecule has 214 valence electrons. The molecular weight excluding hydrogens is 621 g/mol. The summed E-state index contributed by atoms with van der Waals surface area (Å²) in [6, 6.07) is 37.1. The zero-order chi connectivity index (χ0) is 29.6. The number of benzene rings is 4. The molecule has 0 aromatic heterocycles. The molecule has 0 N–H and O–H groups in total. The molecule has 0 nitrogen and oxygen atoms in total. The smallest absolute Gasteiger partial charge is 0.00506 e. The minimum Gasteiger partial charge on any atom is -0.0767 e. The van der Waals surface area contributed by atoms with E-state index >= 15 is 0 Å². The van der Waals surface area contributed by atoms with Gasteiger partial charge in [0.15, 0.2) is 0 Å². The third-order valence-corrected chi connectivity index (χ3v) is 11.0. The van der Waals surface area contributed by atoms with Crippen LogP contribution in [-0.4, -0.2) is 0 Å². The topological polar surface area (TPSA) is 0 Å². The summed E-state index contributed by atoms with van der Waals surface area (Å²) < 4.78 is 0. The van der Waals surface area contributed by atoms with Crippen molar-refractivity contribution in [3.05, 3.63) is 151 Å². The standard InChI is InChI=1S/C18H15P.C15H23P.C5H5.Rh/c1-4-10-16(11-5-1)19(17-12-6-2-7-13-17)18-14-8-3-9-15-18;1-9(2)12-7-13(10(3)4)15(16)14(8-12)11(5)6;1-2-4-5-3-1;/h1-15H;7-11H,1-6H3;1-5H;. The first kappa shape index (κ1) is 33.2. The van der Waals surface area contributed by atoms with Crippen LogP contribution >= 0.6 is 14.4 Å². The Morgan fingerprint density at radius 2 is 0.878 bits per heavy atom. The molecule has 0 unspecified atom stereocenters. The molecule has 0 heterocycles. The molecule has 5 rings (SSSR count). The third-order valence-electron chi connectivity index (χ3n) is 6.78. The van der Waals surface area contributed by atoms with E-state index in [9.17, 15) is 0 Å². The Morgan fingerprint density at radius 3 is 1.12 bits per heavy atom. The van der Waals surface area contributed by atoms with Gasteiger partial charge in [0.2, 0.25) is 0 Å². The second-order valence-electron chi connectivity index (χ2n) is 10.9. The zero-order valence-corrected chi connectivity index (χ0v) is 28.6. The Kier molecular flexibility index (Phi) is 14.3. The summed E-state index contributed by atoms with van der Waals surface area (Å²) in [5.74, 6) is 1.81. The maximum Gasteiger partial charge on any atom is 0.00506 e. The van der Waals surface area contributed by atoms with Crippen molar-refractivity contribution in [2.45, 2.75) is 59.3 Å². The Bertz CT molecular complexity index is 1260. The maximum absolute atomic E-state index is 3.06. The largest absolute Gasteiger partial charge is 0.0767 e. The van der Waals surface area contributed by atoms with E-state index < -0.39 is 7.92 Å². The summed E-state index contributed by atoms with van der Waals surface area (Å²) in [6.07, 6.45) is 10.0. The van der Waals surface area contributed by atoms with Crippen molar-refractivity contribution in [1.82, 2.24) is 0 Å². The van der Waals surface area contributed by atoms with E-state index in [1.165, 1.54) is 44.4 Å². The van der Waals surface area contributed by atoms with Crippen molar-refractivity contribution in [3.8, 4) is 0 Å². The van der Waals surface area contributed by atoms with Crippen molar-refractivity contribution in [2.24, 2.45) is 0 Å². The molecule has 0 spiro atoms. The first-order chi connectivity index (χ1) is 19.8. The van der Waals surface area contributed by atoms with E-state index in [0.29, 0.717) is 17.8 Å². The average molecular weight is 665 g/mol. The van der Waals surface area contributed by atoms with Crippen LogP contribution < -0.4 is 21.2 Å². The molecule has 0 fully saturated rings. The summed E-state index contributed by atoms with van der Waals surface area (Å²) in [5, 5.41) is 5.70. The van der Waals surface area contributed by atoms with Gasteiger partial charge in [-0.1, -0.05) is 115 Å². The molecule has 0 bridgehead atoms. The second kappa shape index (κ2) is 17.6. The maximum atomic E-state index is 3.06. The third kappa shape index (κ3) is 10.2. The van der Waals surface area contributed by atoms with Crippen LogP contribution in [0.3, 0.4) is 0 Å². The van der Waals surface area contributed by atoms with Crippen LogP contribution in [0.4, 0.5) is 0 Å². The van der Waals surface area contributed by atoms with Gasteiger partial charge in [-0.2, -0.15) is 0 Å². The van der Waals surface area contributed by atoms with Crippen molar-refractivity contribution >= 4 is 35.6 Å². The predicted molar refractivity (Wildman–Crippen MR) is 183 cm³/mol.